The van der Waals surface area contributed by atoms with Crippen molar-refractivity contribution in [1.82, 2.24) is 5.32 Å². The number of aryl methyl sites for hydroxylation is 1. The molecule has 9 nitrogen and oxygen atoms in total. The number of nitrogens with one attached hydrogen (secondary N) is 1. The molecule has 2 saturated heterocycles. The van der Waals surface area contributed by atoms with E-state index >= 15 is 0 Å². The molecule has 2 aliphatic heterocycles. The average Bonchev–Trinajstić information content (AvgIpc) is 2.83. The summed E-state index contributed by atoms with van der Waals surface area (Å²) >= 11 is 0. The van der Waals surface area contributed by atoms with Crippen LogP contribution < -0.4 is 10.1 Å². The highest BCUT2D eigenvalue weighted by atomic mass is 19.4. The summed E-state index contributed by atoms with van der Waals surface area (Å²) in [6.45, 7) is 3.60. The van der Waals surface area contributed by atoms with E-state index in [1.807, 2.05) is 6.92 Å². The largest absolute Gasteiger partial charge is 0.573 e. The van der Waals surface area contributed by atoms with Crippen molar-refractivity contribution < 1.29 is 52.5 Å². The Morgan fingerprint density at radius 2 is 1.74 bits per heavy atom. The lowest BCUT2D eigenvalue weighted by molar-refractivity contribution is -0.485. The standard InChI is InChI=1S/C26H38F3NO8/c1-4-17-19(31)18(30-3)21-22(20(17)32)36-23-25(34,38-21)24(33,13-14(2)35-23)12-6-5-7-15-8-10-16(11-9-15)37-26(27,28)29/h8-11,14,17-23,30-34H,4-7,12-13H2,1-3H3/t14-,17-,18+,19+,20+,21-,22-,23+,24+,25-/m1/s1. The Morgan fingerprint density at radius 1 is 1.05 bits per heavy atom. The molecule has 0 aromatic heterocycles. The van der Waals surface area contributed by atoms with Gasteiger partial charge in [0, 0.05) is 12.3 Å². The third-order valence-electron chi connectivity index (χ3n) is 8.09. The number of hydrogen-bond donors (Lipinski definition) is 5. The monoisotopic (exact) mass is 549 g/mol. The number of alkyl halides is 3. The molecule has 38 heavy (non-hydrogen) atoms. The van der Waals surface area contributed by atoms with E-state index in [4.69, 9.17) is 14.2 Å². The van der Waals surface area contributed by atoms with Crippen LogP contribution in [0.2, 0.25) is 0 Å². The summed E-state index contributed by atoms with van der Waals surface area (Å²) in [5, 5.41) is 48.2. The van der Waals surface area contributed by atoms with Gasteiger partial charge in [-0.05, 0) is 57.4 Å². The van der Waals surface area contributed by atoms with Crippen molar-refractivity contribution in [1.29, 1.82) is 0 Å². The molecule has 0 spiro atoms. The maximum Gasteiger partial charge on any atom is 0.573 e. The van der Waals surface area contributed by atoms with Gasteiger partial charge < -0.3 is 44.7 Å². The number of aliphatic hydroxyl groups is 4. The zero-order valence-corrected chi connectivity index (χ0v) is 21.7. The van der Waals surface area contributed by atoms with Gasteiger partial charge in [-0.15, -0.1) is 13.2 Å². The summed E-state index contributed by atoms with van der Waals surface area (Å²) in [7, 11) is 1.64. The SMILES string of the molecule is CC[C@@H]1[C@H](O)[C@H](NC)[C@H]2O[C@]3(O)[C@H](O[C@@H]2[C@H]1O)O[C@H](C)C[C@@]3(O)CCCCc1ccc(OC(F)(F)F)cc1. The number of rotatable bonds is 8. The highest BCUT2D eigenvalue weighted by molar-refractivity contribution is 5.27. The molecule has 0 unspecified atom stereocenters. The van der Waals surface area contributed by atoms with E-state index in [1.54, 1.807) is 26.1 Å². The fourth-order valence-corrected chi connectivity index (χ4v) is 6.14. The van der Waals surface area contributed by atoms with E-state index in [0.717, 1.165) is 5.56 Å². The molecular weight excluding hydrogens is 511 g/mol. The van der Waals surface area contributed by atoms with Crippen LogP contribution in [0.25, 0.3) is 0 Å². The lowest BCUT2D eigenvalue weighted by Crippen LogP contribution is -2.78. The van der Waals surface area contributed by atoms with Crippen LogP contribution in [-0.2, 0) is 20.6 Å². The van der Waals surface area contributed by atoms with Crippen LogP contribution in [0.3, 0.4) is 0 Å². The minimum Gasteiger partial charge on any atom is -0.406 e. The summed E-state index contributed by atoms with van der Waals surface area (Å²) in [6, 6.07) is 4.94. The van der Waals surface area contributed by atoms with Crippen molar-refractivity contribution >= 4 is 0 Å². The predicted molar refractivity (Wildman–Crippen MR) is 128 cm³/mol. The molecule has 3 aliphatic rings. The first-order chi connectivity index (χ1) is 17.8. The van der Waals surface area contributed by atoms with E-state index in [9.17, 15) is 33.6 Å². The number of hydrogen-bond acceptors (Lipinski definition) is 9. The third kappa shape index (κ3) is 5.68. The molecular formula is C26H38F3NO8. The number of benzene rings is 1. The Labute approximate surface area is 219 Å². The molecule has 1 aliphatic carbocycles. The van der Waals surface area contributed by atoms with Crippen molar-refractivity contribution in [2.75, 3.05) is 7.05 Å². The molecule has 2 heterocycles. The summed E-state index contributed by atoms with van der Waals surface area (Å²) < 4.78 is 59.0. The van der Waals surface area contributed by atoms with Gasteiger partial charge in [0.15, 0.2) is 0 Å². The topological polar surface area (TPSA) is 130 Å². The zero-order valence-electron chi connectivity index (χ0n) is 21.7. The third-order valence-corrected chi connectivity index (χ3v) is 8.09. The molecule has 0 radical (unpaired) electrons. The van der Waals surface area contributed by atoms with Crippen molar-refractivity contribution in [3.05, 3.63) is 29.8 Å². The Bertz CT molecular complexity index is 936. The normalized spacial score (nSPS) is 41.3. The van der Waals surface area contributed by atoms with Gasteiger partial charge in [0.05, 0.1) is 24.4 Å². The Hall–Kier alpha value is -1.51. The van der Waals surface area contributed by atoms with Gasteiger partial charge in [0.25, 0.3) is 0 Å². The average molecular weight is 550 g/mol. The fraction of sp³-hybridized carbons (Fsp3) is 0.769. The van der Waals surface area contributed by atoms with Crippen LogP contribution in [0, 0.1) is 5.92 Å². The number of halogens is 3. The molecule has 5 N–H and O–H groups in total. The number of fused-ring (bicyclic) bond motifs is 2. The Kier molecular flexibility index (Phi) is 8.66. The Balaban J connectivity index is 1.43. The number of ether oxygens (including phenoxy) is 4. The van der Waals surface area contributed by atoms with Gasteiger partial charge in [0.1, 0.15) is 23.6 Å². The van der Waals surface area contributed by atoms with E-state index in [0.29, 0.717) is 25.7 Å². The maximum atomic E-state index is 12.4. The second-order valence-electron chi connectivity index (χ2n) is 10.7. The van der Waals surface area contributed by atoms with Gasteiger partial charge in [-0.3, -0.25) is 0 Å². The first-order valence-corrected chi connectivity index (χ1v) is 13.1. The summed E-state index contributed by atoms with van der Waals surface area (Å²) in [5.74, 6) is -3.02. The van der Waals surface area contributed by atoms with Crippen LogP contribution in [-0.4, -0.2) is 88.1 Å². The number of likely N-dealkylation sites (N-methyl/N-ethyl adjacent to an activating group) is 1. The second kappa shape index (κ2) is 11.2. The van der Waals surface area contributed by atoms with E-state index in [1.165, 1.54) is 12.1 Å². The zero-order chi connectivity index (χ0) is 27.9. The molecule has 0 bridgehead atoms. The molecule has 3 fully saturated rings. The number of unbranched alkanes of at least 4 members (excludes halogenated alkanes) is 1. The van der Waals surface area contributed by atoms with Crippen LogP contribution in [0.4, 0.5) is 13.2 Å². The summed E-state index contributed by atoms with van der Waals surface area (Å²) in [5.41, 5.74) is -0.948. The molecule has 10 atom stereocenters. The minimum atomic E-state index is -4.75. The van der Waals surface area contributed by atoms with E-state index in [2.05, 4.69) is 10.1 Å². The predicted octanol–water partition coefficient (Wildman–Crippen LogP) is 1.99. The van der Waals surface area contributed by atoms with Gasteiger partial charge in [-0.25, -0.2) is 0 Å². The fourth-order valence-electron chi connectivity index (χ4n) is 6.14. The molecule has 1 aromatic rings. The first kappa shape index (κ1) is 29.5. The first-order valence-electron chi connectivity index (χ1n) is 13.1. The quantitative estimate of drug-likeness (QED) is 0.309. The molecule has 0 amide bonds. The second-order valence-corrected chi connectivity index (χ2v) is 10.7. The van der Waals surface area contributed by atoms with Crippen LogP contribution in [0.5, 0.6) is 5.75 Å². The van der Waals surface area contributed by atoms with Crippen LogP contribution in [0.15, 0.2) is 24.3 Å². The van der Waals surface area contributed by atoms with E-state index < -0.39 is 66.5 Å². The molecule has 4 rings (SSSR count). The smallest absolute Gasteiger partial charge is 0.406 e. The van der Waals surface area contributed by atoms with Crippen molar-refractivity contribution in [3.8, 4) is 5.75 Å². The molecule has 1 saturated carbocycles. The lowest BCUT2D eigenvalue weighted by Gasteiger charge is -2.60. The molecule has 1 aromatic carbocycles. The molecule has 12 heteroatoms. The van der Waals surface area contributed by atoms with Crippen molar-refractivity contribution in [2.24, 2.45) is 5.92 Å². The summed E-state index contributed by atoms with van der Waals surface area (Å²) in [4.78, 5) is 0. The van der Waals surface area contributed by atoms with Crippen LogP contribution >= 0.6 is 0 Å². The van der Waals surface area contributed by atoms with Gasteiger partial charge in [-0.2, -0.15) is 0 Å². The highest BCUT2D eigenvalue weighted by Gasteiger charge is 2.68. The summed E-state index contributed by atoms with van der Waals surface area (Å²) in [6.07, 6.45) is -8.14. The number of aliphatic hydroxyl groups excluding tert-OH is 2. The van der Waals surface area contributed by atoms with Gasteiger partial charge >= 0.3 is 6.36 Å². The maximum absolute atomic E-state index is 12.4. The Morgan fingerprint density at radius 3 is 2.34 bits per heavy atom. The van der Waals surface area contributed by atoms with Gasteiger partial charge in [-0.1, -0.05) is 25.5 Å². The minimum absolute atomic E-state index is 0.0666. The molecule has 216 valence electrons. The lowest BCUT2D eigenvalue weighted by atomic mass is 9.73. The highest BCUT2D eigenvalue weighted by Crippen LogP contribution is 2.49. The van der Waals surface area contributed by atoms with Crippen LogP contribution in [0.1, 0.15) is 51.5 Å². The van der Waals surface area contributed by atoms with Crippen molar-refractivity contribution in [3.63, 3.8) is 0 Å². The van der Waals surface area contributed by atoms with Crippen molar-refractivity contribution in [2.45, 2.75) is 113 Å². The van der Waals surface area contributed by atoms with Gasteiger partial charge in [0.2, 0.25) is 12.1 Å². The van der Waals surface area contributed by atoms with E-state index in [-0.39, 0.29) is 18.6 Å².